The van der Waals surface area contributed by atoms with Gasteiger partial charge in [-0.3, -0.25) is 9.59 Å². The Labute approximate surface area is 136 Å². The summed E-state index contributed by atoms with van der Waals surface area (Å²) >= 11 is 1.24. The fraction of sp³-hybridized carbons (Fsp3) is 0.500. The van der Waals surface area contributed by atoms with Gasteiger partial charge in [-0.15, -0.1) is 10.2 Å². The zero-order valence-electron chi connectivity index (χ0n) is 12.7. The van der Waals surface area contributed by atoms with Gasteiger partial charge < -0.3 is 14.7 Å². The van der Waals surface area contributed by atoms with Gasteiger partial charge in [-0.25, -0.2) is 0 Å². The lowest BCUT2D eigenvalue weighted by Gasteiger charge is -2.22. The summed E-state index contributed by atoms with van der Waals surface area (Å²) in [6.07, 6.45) is 2.09. The van der Waals surface area contributed by atoms with Crippen molar-refractivity contribution in [1.82, 2.24) is 20.3 Å². The highest BCUT2D eigenvalue weighted by atomic mass is 32.1. The summed E-state index contributed by atoms with van der Waals surface area (Å²) in [5, 5.41) is 14.5. The van der Waals surface area contributed by atoms with Crippen LogP contribution in [0.2, 0.25) is 0 Å². The molecule has 122 valence electrons. The summed E-state index contributed by atoms with van der Waals surface area (Å²) in [4.78, 5) is 26.0. The predicted octanol–water partition coefficient (Wildman–Crippen LogP) is 1.92. The lowest BCUT2D eigenvalue weighted by Crippen LogP contribution is -2.31. The monoisotopic (exact) mass is 335 g/mol. The Kier molecular flexibility index (Phi) is 4.65. The average Bonchev–Trinajstić information content (AvgIpc) is 3.25. The van der Waals surface area contributed by atoms with Crippen molar-refractivity contribution in [1.29, 1.82) is 0 Å². The average molecular weight is 335 g/mol. The van der Waals surface area contributed by atoms with Crippen molar-refractivity contribution in [2.45, 2.75) is 38.6 Å². The third kappa shape index (κ3) is 3.73. The number of rotatable bonds is 5. The Hall–Kier alpha value is -2.29. The van der Waals surface area contributed by atoms with Gasteiger partial charge in [0.05, 0.1) is 6.04 Å². The molecule has 8 nitrogen and oxygen atoms in total. The molecular weight excluding hydrogens is 318 g/mol. The minimum atomic E-state index is -0.233. The fourth-order valence-corrected chi connectivity index (χ4v) is 3.15. The maximum atomic E-state index is 12.4. The van der Waals surface area contributed by atoms with Gasteiger partial charge in [-0.1, -0.05) is 16.5 Å². The van der Waals surface area contributed by atoms with E-state index in [0.717, 1.165) is 24.3 Å². The van der Waals surface area contributed by atoms with E-state index >= 15 is 0 Å². The smallest absolute Gasteiger partial charge is 0.226 e. The zero-order valence-corrected chi connectivity index (χ0v) is 13.5. The van der Waals surface area contributed by atoms with Gasteiger partial charge in [0, 0.05) is 25.5 Å². The van der Waals surface area contributed by atoms with Gasteiger partial charge in [0.15, 0.2) is 0 Å². The summed E-state index contributed by atoms with van der Waals surface area (Å²) in [6.45, 7) is 2.52. The van der Waals surface area contributed by atoms with E-state index in [-0.39, 0.29) is 30.7 Å². The molecule has 2 aromatic rings. The van der Waals surface area contributed by atoms with E-state index in [2.05, 4.69) is 20.7 Å². The first kappa shape index (κ1) is 15.6. The molecule has 1 saturated heterocycles. The first-order valence-electron chi connectivity index (χ1n) is 7.42. The van der Waals surface area contributed by atoms with Crippen LogP contribution < -0.4 is 5.32 Å². The third-order valence-electron chi connectivity index (χ3n) is 3.73. The molecule has 0 bridgehead atoms. The van der Waals surface area contributed by atoms with E-state index in [1.807, 2.05) is 13.0 Å². The van der Waals surface area contributed by atoms with Crippen LogP contribution in [0.5, 0.6) is 0 Å². The molecule has 1 fully saturated rings. The number of aromatic nitrogens is 3. The second-order valence-electron chi connectivity index (χ2n) is 5.40. The number of hydrogen-bond acceptors (Lipinski definition) is 7. The Balaban J connectivity index is 1.54. The Morgan fingerprint density at radius 3 is 3.04 bits per heavy atom. The van der Waals surface area contributed by atoms with E-state index in [1.165, 1.54) is 16.8 Å². The molecule has 1 N–H and O–H groups in total. The molecule has 2 aromatic heterocycles. The van der Waals surface area contributed by atoms with E-state index in [4.69, 9.17) is 4.52 Å². The standard InChI is InChI=1S/C14H17N5O3S/c1-9-7-10(18-22-9)11-3-2-6-19(11)13(21)5-4-12(20)16-14-17-15-8-23-14/h7-8,11H,2-6H2,1H3,(H,16,17,20). The molecule has 2 amide bonds. The van der Waals surface area contributed by atoms with E-state index in [0.29, 0.717) is 11.7 Å². The van der Waals surface area contributed by atoms with Crippen molar-refractivity contribution in [3.05, 3.63) is 23.0 Å². The fourth-order valence-electron chi connectivity index (χ4n) is 2.69. The molecule has 3 heterocycles. The third-order valence-corrected chi connectivity index (χ3v) is 4.34. The lowest BCUT2D eigenvalue weighted by atomic mass is 10.1. The zero-order chi connectivity index (χ0) is 16.2. The van der Waals surface area contributed by atoms with Crippen LogP contribution >= 0.6 is 11.3 Å². The van der Waals surface area contributed by atoms with Crippen molar-refractivity contribution in [3.63, 3.8) is 0 Å². The van der Waals surface area contributed by atoms with Crippen LogP contribution in [0.15, 0.2) is 16.1 Å². The largest absolute Gasteiger partial charge is 0.361 e. The molecule has 1 aliphatic heterocycles. The van der Waals surface area contributed by atoms with Gasteiger partial charge in [-0.2, -0.15) is 0 Å². The Morgan fingerprint density at radius 2 is 2.35 bits per heavy atom. The van der Waals surface area contributed by atoms with Crippen molar-refractivity contribution < 1.29 is 14.1 Å². The van der Waals surface area contributed by atoms with Gasteiger partial charge in [-0.05, 0) is 19.8 Å². The van der Waals surface area contributed by atoms with Crippen molar-refractivity contribution >= 4 is 28.3 Å². The van der Waals surface area contributed by atoms with Crippen LogP contribution in [0, 0.1) is 6.92 Å². The maximum absolute atomic E-state index is 12.4. The molecule has 0 spiro atoms. The number of likely N-dealkylation sites (tertiary alicyclic amines) is 1. The number of carbonyl (C=O) groups excluding carboxylic acids is 2. The molecule has 0 saturated carbocycles. The number of anilines is 1. The van der Waals surface area contributed by atoms with Crippen LogP contribution in [-0.4, -0.2) is 38.6 Å². The Morgan fingerprint density at radius 1 is 1.48 bits per heavy atom. The molecule has 23 heavy (non-hydrogen) atoms. The molecular formula is C14H17N5O3S. The highest BCUT2D eigenvalue weighted by Gasteiger charge is 2.31. The highest BCUT2D eigenvalue weighted by Crippen LogP contribution is 2.32. The van der Waals surface area contributed by atoms with Gasteiger partial charge >= 0.3 is 0 Å². The van der Waals surface area contributed by atoms with Crippen LogP contribution in [0.25, 0.3) is 0 Å². The molecule has 9 heteroatoms. The molecule has 3 rings (SSSR count). The summed E-state index contributed by atoms with van der Waals surface area (Å²) < 4.78 is 5.10. The molecule has 1 atom stereocenters. The Bertz CT molecular complexity index is 684. The normalized spacial score (nSPS) is 17.4. The summed E-state index contributed by atoms with van der Waals surface area (Å²) in [5.74, 6) is 0.458. The molecule has 1 unspecified atom stereocenters. The van der Waals surface area contributed by atoms with Crippen molar-refractivity contribution in [2.75, 3.05) is 11.9 Å². The van der Waals surface area contributed by atoms with E-state index in [1.54, 1.807) is 4.90 Å². The lowest BCUT2D eigenvalue weighted by molar-refractivity contribution is -0.133. The SMILES string of the molecule is Cc1cc(C2CCCN2C(=O)CCC(=O)Nc2nncs2)no1. The van der Waals surface area contributed by atoms with Crippen molar-refractivity contribution in [2.24, 2.45) is 0 Å². The van der Waals surface area contributed by atoms with Crippen molar-refractivity contribution in [3.8, 4) is 0 Å². The molecule has 0 aliphatic carbocycles. The van der Waals surface area contributed by atoms with Gasteiger partial charge in [0.2, 0.25) is 16.9 Å². The summed E-state index contributed by atoms with van der Waals surface area (Å²) in [5.41, 5.74) is 2.32. The number of hydrogen-bond donors (Lipinski definition) is 1. The summed E-state index contributed by atoms with van der Waals surface area (Å²) in [7, 11) is 0. The van der Waals surface area contributed by atoms with Gasteiger partial charge in [0.1, 0.15) is 17.0 Å². The van der Waals surface area contributed by atoms with Crippen LogP contribution in [0.3, 0.4) is 0 Å². The minimum absolute atomic E-state index is 0.0411. The highest BCUT2D eigenvalue weighted by molar-refractivity contribution is 7.13. The first-order chi connectivity index (χ1) is 11.1. The number of aryl methyl sites for hydroxylation is 1. The molecule has 0 radical (unpaired) electrons. The molecule has 0 aromatic carbocycles. The maximum Gasteiger partial charge on any atom is 0.226 e. The number of nitrogens with one attached hydrogen (secondary N) is 1. The van der Waals surface area contributed by atoms with E-state index in [9.17, 15) is 9.59 Å². The van der Waals surface area contributed by atoms with Crippen LogP contribution in [-0.2, 0) is 9.59 Å². The topological polar surface area (TPSA) is 101 Å². The first-order valence-corrected chi connectivity index (χ1v) is 8.30. The number of carbonyl (C=O) groups is 2. The summed E-state index contributed by atoms with van der Waals surface area (Å²) in [6, 6.07) is 1.81. The van der Waals surface area contributed by atoms with Gasteiger partial charge in [0.25, 0.3) is 0 Å². The minimum Gasteiger partial charge on any atom is -0.361 e. The van der Waals surface area contributed by atoms with Crippen LogP contribution in [0.4, 0.5) is 5.13 Å². The van der Waals surface area contributed by atoms with Crippen LogP contribution in [0.1, 0.15) is 43.2 Å². The van der Waals surface area contributed by atoms with E-state index < -0.39 is 0 Å². The predicted molar refractivity (Wildman–Crippen MR) is 82.7 cm³/mol. The second-order valence-corrected chi connectivity index (χ2v) is 6.23. The second kappa shape index (κ2) is 6.86. The molecule has 1 aliphatic rings. The quantitative estimate of drug-likeness (QED) is 0.896. The number of amides is 2. The number of nitrogens with zero attached hydrogens (tertiary/aromatic N) is 4.